The molecule has 400 valence electrons. The highest BCUT2D eigenvalue weighted by Crippen LogP contribution is 2.24. The summed E-state index contributed by atoms with van der Waals surface area (Å²) in [6.07, 6.45) is 6.56. The van der Waals surface area contributed by atoms with Crippen LogP contribution in [0.15, 0.2) is 67.3 Å². The Morgan fingerprint density at radius 2 is 1.50 bits per heavy atom. The summed E-state index contributed by atoms with van der Waals surface area (Å²) in [4.78, 5) is 92.3. The predicted molar refractivity (Wildman–Crippen MR) is 272 cm³/mol. The molecule has 0 spiro atoms. The third kappa shape index (κ3) is 21.0. The molecular weight excluding hydrogens is 947 g/mol. The first kappa shape index (κ1) is 60.4. The topological polar surface area (TPSA) is 287 Å². The number of hydrogen-bond donors (Lipinski definition) is 7. The zero-order valence-electron chi connectivity index (χ0n) is 43.2. The van der Waals surface area contributed by atoms with Gasteiger partial charge in [-0.05, 0) is 55.1 Å². The molecule has 0 aliphatic heterocycles. The largest absolute Gasteiger partial charge is 0.618 e. The minimum Gasteiger partial charge on any atom is -0.618 e. The zero-order valence-corrected chi connectivity index (χ0v) is 44.0. The van der Waals surface area contributed by atoms with Gasteiger partial charge in [-0.25, -0.2) is 4.98 Å². The van der Waals surface area contributed by atoms with Crippen molar-refractivity contribution in [2.45, 2.75) is 149 Å². The molecule has 0 unspecified atom stereocenters. The fourth-order valence-corrected chi connectivity index (χ4v) is 8.77. The van der Waals surface area contributed by atoms with Gasteiger partial charge in [-0.2, -0.15) is 13.1 Å². The molecule has 3 aromatic rings. The van der Waals surface area contributed by atoms with E-state index in [9.17, 15) is 47.5 Å². The third-order valence-corrected chi connectivity index (χ3v) is 13.7. The van der Waals surface area contributed by atoms with Crippen LogP contribution in [0.3, 0.4) is 0 Å². The number of aromatic amines is 1. The molecule has 7 atom stereocenters. The van der Waals surface area contributed by atoms with Crippen LogP contribution in [-0.2, 0) is 58.3 Å². The van der Waals surface area contributed by atoms with E-state index in [0.717, 1.165) is 5.56 Å². The summed E-state index contributed by atoms with van der Waals surface area (Å²) in [6, 6.07) is 10.0. The number of carbonyl (C=O) groups excluding carboxylic acids is 6. The number of rotatable bonds is 32. The first-order valence-electron chi connectivity index (χ1n) is 25.0. The van der Waals surface area contributed by atoms with Crippen molar-refractivity contribution in [2.24, 2.45) is 23.7 Å². The number of likely N-dealkylation sites (N-methyl/N-ethyl adjacent to an activating group) is 1. The molecule has 7 N–H and O–H groups in total. The lowest BCUT2D eigenvalue weighted by Gasteiger charge is -2.34. The summed E-state index contributed by atoms with van der Waals surface area (Å²) in [5.41, 5.74) is 1.66. The number of aliphatic hydroxyl groups excluding tert-OH is 1. The maximum absolute atomic E-state index is 14.6. The van der Waals surface area contributed by atoms with Gasteiger partial charge in [0.1, 0.15) is 24.7 Å². The molecule has 1 aromatic carbocycles. The molecule has 20 nitrogen and oxygen atoms in total. The molecular formula is C51H79N9O11S. The van der Waals surface area contributed by atoms with E-state index in [2.05, 4.69) is 31.2 Å². The predicted octanol–water partition coefficient (Wildman–Crippen LogP) is 3.23. The number of H-pyrrole nitrogens is 1. The lowest BCUT2D eigenvalue weighted by atomic mass is 9.85. The smallest absolute Gasteiger partial charge is 0.266 e. The Labute approximate surface area is 425 Å². The highest BCUT2D eigenvalue weighted by atomic mass is 32.2. The second-order valence-electron chi connectivity index (χ2n) is 19.6. The average molecular weight is 1030 g/mol. The summed E-state index contributed by atoms with van der Waals surface area (Å²) < 4.78 is 31.7. The van der Waals surface area contributed by atoms with E-state index in [1.165, 1.54) is 36.4 Å². The number of imidazole rings is 1. The van der Waals surface area contributed by atoms with E-state index in [1.54, 1.807) is 24.4 Å². The molecule has 0 fully saturated rings. The number of aliphatic hydroxyl groups is 1. The quantitative estimate of drug-likeness (QED) is 0.0206. The fraction of sp³-hybridized carbons (Fsp3) is 0.608. The number of amides is 6. The fourth-order valence-electron chi connectivity index (χ4n) is 8.26. The molecule has 0 saturated carbocycles. The van der Waals surface area contributed by atoms with Gasteiger partial charge in [0.05, 0.1) is 24.2 Å². The Kier molecular flexibility index (Phi) is 25.3. The maximum Gasteiger partial charge on any atom is 0.266 e. The number of hydrogen-bond acceptors (Lipinski definition) is 11. The van der Waals surface area contributed by atoms with Crippen molar-refractivity contribution in [1.29, 1.82) is 0 Å². The molecule has 21 heteroatoms. The van der Waals surface area contributed by atoms with Crippen molar-refractivity contribution in [1.82, 2.24) is 41.0 Å². The van der Waals surface area contributed by atoms with Crippen LogP contribution in [0.4, 0.5) is 0 Å². The second-order valence-corrected chi connectivity index (χ2v) is 21.1. The molecule has 0 bridgehead atoms. The van der Waals surface area contributed by atoms with E-state index >= 15 is 0 Å². The highest BCUT2D eigenvalue weighted by molar-refractivity contribution is 7.85. The molecule has 0 aliphatic rings. The van der Waals surface area contributed by atoms with Crippen LogP contribution in [0, 0.1) is 28.9 Å². The summed E-state index contributed by atoms with van der Waals surface area (Å²) in [7, 11) is -1.24. The zero-order chi connectivity index (χ0) is 53.5. The molecule has 3 rings (SSSR count). The number of carbonyl (C=O) groups is 6. The van der Waals surface area contributed by atoms with E-state index in [0.29, 0.717) is 54.6 Å². The van der Waals surface area contributed by atoms with Crippen molar-refractivity contribution >= 4 is 45.6 Å². The first-order valence-corrected chi connectivity index (χ1v) is 26.6. The molecule has 6 amide bonds. The van der Waals surface area contributed by atoms with Gasteiger partial charge in [-0.3, -0.25) is 33.3 Å². The van der Waals surface area contributed by atoms with Crippen molar-refractivity contribution < 1.29 is 51.6 Å². The monoisotopic (exact) mass is 1030 g/mol. The van der Waals surface area contributed by atoms with Gasteiger partial charge in [0.2, 0.25) is 41.1 Å². The Hall–Kier alpha value is -5.93. The number of nitrogens with one attached hydrogen (secondary N) is 5. The van der Waals surface area contributed by atoms with Gasteiger partial charge in [-0.1, -0.05) is 91.1 Å². The van der Waals surface area contributed by atoms with Crippen molar-refractivity contribution in [2.75, 3.05) is 26.4 Å². The summed E-state index contributed by atoms with van der Waals surface area (Å²) in [5, 5.41) is 35.8. The van der Waals surface area contributed by atoms with Crippen LogP contribution in [0.25, 0.3) is 0 Å². The number of pyridine rings is 1. The molecule has 0 radical (unpaired) electrons. The van der Waals surface area contributed by atoms with Gasteiger partial charge >= 0.3 is 0 Å². The van der Waals surface area contributed by atoms with E-state index < -0.39 is 75.7 Å². The number of aromatic nitrogens is 3. The van der Waals surface area contributed by atoms with Crippen molar-refractivity contribution in [3.63, 3.8) is 0 Å². The third-order valence-electron chi connectivity index (χ3n) is 13.0. The lowest BCUT2D eigenvalue weighted by molar-refractivity contribution is -0.614. The van der Waals surface area contributed by atoms with Crippen molar-refractivity contribution in [3.05, 3.63) is 89.4 Å². The van der Waals surface area contributed by atoms with Crippen LogP contribution < -0.4 is 26.0 Å². The minimum atomic E-state index is -4.19. The lowest BCUT2D eigenvalue weighted by Crippen LogP contribution is -2.58. The van der Waals surface area contributed by atoms with Crippen LogP contribution in [0.5, 0.6) is 0 Å². The first-order chi connectivity index (χ1) is 34.0. The van der Waals surface area contributed by atoms with Gasteiger partial charge in [0.25, 0.3) is 10.1 Å². The molecule has 2 heterocycles. The van der Waals surface area contributed by atoms with E-state index in [4.69, 9.17) is 4.55 Å². The average Bonchev–Trinajstić information content (AvgIpc) is 3.86. The maximum atomic E-state index is 14.6. The van der Waals surface area contributed by atoms with E-state index in [1.807, 2.05) is 71.9 Å². The molecule has 2 aromatic heterocycles. The molecule has 0 aliphatic carbocycles. The van der Waals surface area contributed by atoms with Gasteiger partial charge < -0.3 is 46.4 Å². The summed E-state index contributed by atoms with van der Waals surface area (Å²) in [6.45, 7) is 11.1. The Balaban J connectivity index is 1.77. The number of benzene rings is 1. The molecule has 72 heavy (non-hydrogen) atoms. The van der Waals surface area contributed by atoms with Gasteiger partial charge in [0.15, 0.2) is 6.20 Å². The van der Waals surface area contributed by atoms with Crippen molar-refractivity contribution in [3.8, 4) is 0 Å². The number of nitrogens with zero attached hydrogens (tertiary/aromatic N) is 4. The van der Waals surface area contributed by atoms with Crippen LogP contribution in [-0.4, -0.2) is 130 Å². The second kappa shape index (κ2) is 30.2. The number of unbranched alkanes of at least 4 members (excludes halogenated alkanes) is 3. The van der Waals surface area contributed by atoms with Crippen LogP contribution in [0.1, 0.15) is 116 Å². The van der Waals surface area contributed by atoms with Gasteiger partial charge in [-0.15, -0.1) is 0 Å². The standard InChI is InChI=1S/C51H79N9O11S/c1-9-36(6)47(50(66)53-32-39-21-17-18-24-60(39)68)57-48(64)40(35(4)5)30-44(61)41(27-34(2)3)56-49(65)43(29-38-31-52-33-54-38)59(8)51(67)42(28-37-19-13-12-14-20-37)55-45(62)22-15-10-11-16-23-46(63)58(7)25-26-72(69,70)71/h12-14,17-21,24,31,33-36,40-44,47,61H,9-11,15-16,22-23,25-30,32H2,1-8H3,(H,52,54)(H,53,66)(H,55,62)(H,56,65)(H,57,64)(H,69,70,71)/t36-,40-,41-,42-,43-,44-,47-/m0/s1. The summed E-state index contributed by atoms with van der Waals surface area (Å²) >= 11 is 0. The highest BCUT2D eigenvalue weighted by Gasteiger charge is 2.37. The summed E-state index contributed by atoms with van der Waals surface area (Å²) in [5.74, 6) is -4.54. The molecule has 0 saturated heterocycles. The Morgan fingerprint density at radius 3 is 2.10 bits per heavy atom. The van der Waals surface area contributed by atoms with Crippen LogP contribution >= 0.6 is 0 Å². The Morgan fingerprint density at radius 1 is 0.833 bits per heavy atom. The minimum absolute atomic E-state index is 0.0125. The van der Waals surface area contributed by atoms with Crippen LogP contribution in [0.2, 0.25) is 0 Å². The van der Waals surface area contributed by atoms with Gasteiger partial charge in [0, 0.05) is 76.3 Å². The SMILES string of the molecule is CC[C@H](C)[C@H](NC(=O)[C@@H](C[C@H](O)[C@H](CC(C)C)NC(=O)[C@H](Cc1cnc[nH]1)N(C)C(=O)[C@H](Cc1ccccc1)NC(=O)CCCCCCC(=O)N(C)CCS(=O)(=O)O)C(C)C)C(=O)NCc1cccc[n+]1[O-]. The normalized spacial score (nSPS) is 14.6. The Bertz CT molecular complexity index is 2280. The van der Waals surface area contributed by atoms with E-state index in [-0.39, 0.29) is 74.8 Å².